The summed E-state index contributed by atoms with van der Waals surface area (Å²) in [6.07, 6.45) is 0. The molecule has 0 saturated heterocycles. The van der Waals surface area contributed by atoms with Gasteiger partial charge in [-0.2, -0.15) is 0 Å². The third kappa shape index (κ3) is 79.0. The highest BCUT2D eigenvalue weighted by Crippen LogP contribution is 0.853. The molecule has 9 heteroatoms. The van der Waals surface area contributed by atoms with Gasteiger partial charge in [-0.25, -0.2) is 0 Å². The standard InChI is InChI=1S/8BrH.FH/h9*1H. The van der Waals surface area contributed by atoms with Gasteiger partial charge in [-0.05, 0) is 0 Å². The summed E-state index contributed by atoms with van der Waals surface area (Å²) in [5.41, 5.74) is 0. The Balaban J connectivity index is 0. The topological polar surface area (TPSA) is 0 Å². The van der Waals surface area contributed by atoms with Crippen LogP contribution in [0.2, 0.25) is 0 Å². The zero-order valence-corrected chi connectivity index (χ0v) is 17.4. The van der Waals surface area contributed by atoms with Crippen LogP contribution in [0.25, 0.3) is 0 Å². The van der Waals surface area contributed by atoms with Crippen LogP contribution in [0.15, 0.2) is 0 Å². The van der Waals surface area contributed by atoms with Gasteiger partial charge in [0.2, 0.25) is 0 Å². The van der Waals surface area contributed by atoms with E-state index in [-0.39, 0.29) is 141 Å². The average molecular weight is 667 g/mol. The number of hydrogen-bond acceptors (Lipinski definition) is 0. The first-order chi connectivity index (χ1) is 0. The van der Waals surface area contributed by atoms with Crippen LogP contribution in [0.4, 0.5) is 4.70 Å². The molecule has 0 N–H and O–H groups in total. The molecule has 0 bridgehead atoms. The lowest BCUT2D eigenvalue weighted by Crippen LogP contribution is 0.420. The van der Waals surface area contributed by atoms with E-state index < -0.39 is 0 Å². The molecule has 0 radical (unpaired) electrons. The Morgan fingerprint density at radius 1 is 0.222 bits per heavy atom. The van der Waals surface area contributed by atoms with Gasteiger partial charge in [0.1, 0.15) is 0 Å². The molecular formula is H9Br8F. The highest BCUT2D eigenvalue weighted by Gasteiger charge is -0.107. The summed E-state index contributed by atoms with van der Waals surface area (Å²) in [6, 6.07) is 0. The summed E-state index contributed by atoms with van der Waals surface area (Å²) in [4.78, 5) is 0. The molecule has 0 nitrogen and oxygen atoms in total. The molecule has 0 aromatic heterocycles. The molecule has 0 rings (SSSR count). The van der Waals surface area contributed by atoms with E-state index in [1.807, 2.05) is 0 Å². The van der Waals surface area contributed by atoms with Crippen molar-refractivity contribution in [2.24, 2.45) is 0 Å². The first kappa shape index (κ1) is 124. The van der Waals surface area contributed by atoms with Gasteiger partial charge in [-0.1, -0.05) is 0 Å². The maximum absolute atomic E-state index is 0. The van der Waals surface area contributed by atoms with Crippen LogP contribution < -0.4 is 0 Å². The minimum atomic E-state index is 0. The van der Waals surface area contributed by atoms with Gasteiger partial charge >= 0.3 is 0 Å². The molecule has 0 amide bonds. The van der Waals surface area contributed by atoms with Crippen molar-refractivity contribution in [2.75, 3.05) is 0 Å². The molecule has 0 atom stereocenters. The molecule has 9 heavy (non-hydrogen) atoms. The second-order valence-electron chi connectivity index (χ2n) is 0. The van der Waals surface area contributed by atoms with Crippen molar-refractivity contribution >= 4 is 136 Å². The van der Waals surface area contributed by atoms with Crippen molar-refractivity contribution in [2.45, 2.75) is 0 Å². The zero-order chi connectivity index (χ0) is 0. The first-order valence-corrected chi connectivity index (χ1v) is 0. The van der Waals surface area contributed by atoms with E-state index in [9.17, 15) is 0 Å². The molecule has 0 heterocycles. The van der Waals surface area contributed by atoms with Gasteiger partial charge < -0.3 is 0 Å². The lowest BCUT2D eigenvalue weighted by atomic mass is 19.0. The number of halogens is 9. The SMILES string of the molecule is Br.Br.Br.Br.Br.Br.Br.Br.F. The van der Waals surface area contributed by atoms with E-state index in [0.717, 1.165) is 0 Å². The highest BCUT2D eigenvalue weighted by molar-refractivity contribution is 8.93. The molecule has 0 aliphatic carbocycles. The van der Waals surface area contributed by atoms with Crippen LogP contribution >= 0.6 is 136 Å². The van der Waals surface area contributed by atoms with Gasteiger partial charge in [-0.3, -0.25) is 4.70 Å². The molecule has 0 aromatic carbocycles. The van der Waals surface area contributed by atoms with Gasteiger partial charge in [0.25, 0.3) is 0 Å². The van der Waals surface area contributed by atoms with E-state index >= 15 is 0 Å². The van der Waals surface area contributed by atoms with Crippen LogP contribution in [0.1, 0.15) is 0 Å². The van der Waals surface area contributed by atoms with Gasteiger partial charge in [0.15, 0.2) is 0 Å². The van der Waals surface area contributed by atoms with Crippen molar-refractivity contribution in [3.05, 3.63) is 0 Å². The molecule has 0 aliphatic rings. The largest absolute Gasteiger partial charge is 0.269 e. The van der Waals surface area contributed by atoms with E-state index in [0.29, 0.717) is 0 Å². The molecule has 0 saturated carbocycles. The van der Waals surface area contributed by atoms with Gasteiger partial charge in [0, 0.05) is 0 Å². The molecule has 0 spiro atoms. The summed E-state index contributed by atoms with van der Waals surface area (Å²) in [5.74, 6) is 0. The van der Waals surface area contributed by atoms with Gasteiger partial charge in [-0.15, -0.1) is 136 Å². The Labute approximate surface area is 138 Å². The van der Waals surface area contributed by atoms with Crippen LogP contribution in [0.5, 0.6) is 0 Å². The molecule has 0 fully saturated rings. The second kappa shape index (κ2) is 96.1. The van der Waals surface area contributed by atoms with Crippen LogP contribution in [-0.2, 0) is 0 Å². The fourth-order valence-corrected chi connectivity index (χ4v) is 0. The smallest absolute Gasteiger partial charge is 0.114 e. The minimum Gasteiger partial charge on any atom is -0.269 e. The highest BCUT2D eigenvalue weighted by atomic mass is 79.9. The molecule has 72 valence electrons. The summed E-state index contributed by atoms with van der Waals surface area (Å²) >= 11 is 0. The fraction of sp³-hybridized carbons (Fsp3) is 0. The average Bonchev–Trinajstić information content (AvgIpc) is 0. The lowest BCUT2D eigenvalue weighted by molar-refractivity contribution is 1.11. The molecular weight excluding hydrogens is 658 g/mol. The van der Waals surface area contributed by atoms with Crippen molar-refractivity contribution in [1.82, 2.24) is 0 Å². The number of hydrogen-bond donors (Lipinski definition) is 0. The van der Waals surface area contributed by atoms with Crippen LogP contribution in [0, 0.1) is 0 Å². The van der Waals surface area contributed by atoms with E-state index in [1.54, 1.807) is 0 Å². The third-order valence-electron chi connectivity index (χ3n) is 0. The van der Waals surface area contributed by atoms with Crippen molar-refractivity contribution in [3.63, 3.8) is 0 Å². The molecule has 0 aliphatic heterocycles. The fourth-order valence-electron chi connectivity index (χ4n) is 0. The van der Waals surface area contributed by atoms with E-state index in [2.05, 4.69) is 0 Å². The first-order valence-electron chi connectivity index (χ1n) is 0. The quantitative estimate of drug-likeness (QED) is 0.350. The predicted molar refractivity (Wildman–Crippen MR) is 85.1 cm³/mol. The summed E-state index contributed by atoms with van der Waals surface area (Å²) in [5, 5.41) is 0. The Morgan fingerprint density at radius 3 is 0.222 bits per heavy atom. The normalized spacial score (nSPS) is 0. The van der Waals surface area contributed by atoms with Crippen LogP contribution in [0.3, 0.4) is 0 Å². The Kier molecular flexibility index (Phi) is 1330. The van der Waals surface area contributed by atoms with Crippen LogP contribution in [-0.4, -0.2) is 0 Å². The van der Waals surface area contributed by atoms with Crippen molar-refractivity contribution < 1.29 is 4.70 Å². The second-order valence-corrected chi connectivity index (χ2v) is 0. The predicted octanol–water partition coefficient (Wildman–Crippen LogP) is 4.78. The van der Waals surface area contributed by atoms with Crippen molar-refractivity contribution in [1.29, 1.82) is 0 Å². The Bertz CT molecular complexity index is 4.53. The molecule has 0 aromatic rings. The summed E-state index contributed by atoms with van der Waals surface area (Å²) < 4.78 is 0. The summed E-state index contributed by atoms with van der Waals surface area (Å²) in [7, 11) is 0. The van der Waals surface area contributed by atoms with Gasteiger partial charge in [0.05, 0.1) is 0 Å². The monoisotopic (exact) mass is 659 g/mol. The summed E-state index contributed by atoms with van der Waals surface area (Å²) in [6.45, 7) is 0. The van der Waals surface area contributed by atoms with Crippen molar-refractivity contribution in [3.8, 4) is 0 Å². The lowest BCUT2D eigenvalue weighted by Gasteiger charge is -0.269. The molecule has 0 unspecified atom stereocenters. The van der Waals surface area contributed by atoms with E-state index in [4.69, 9.17) is 0 Å². The Hall–Kier alpha value is 3.77. The Morgan fingerprint density at radius 2 is 0.222 bits per heavy atom. The minimum absolute atomic E-state index is 0. The zero-order valence-electron chi connectivity index (χ0n) is 3.67. The number of rotatable bonds is 0. The maximum Gasteiger partial charge on any atom is -0.114 e. The third-order valence-corrected chi connectivity index (χ3v) is 0. The van der Waals surface area contributed by atoms with E-state index in [1.165, 1.54) is 0 Å². The maximum atomic E-state index is 0.